The molecule has 2 aliphatic rings. The summed E-state index contributed by atoms with van der Waals surface area (Å²) in [5.41, 5.74) is 2.22. The van der Waals surface area contributed by atoms with Crippen LogP contribution in [0.3, 0.4) is 0 Å². The molecule has 2 atom stereocenters. The third-order valence-corrected chi connectivity index (χ3v) is 6.29. The molecule has 2 aromatic carbocycles. The molecule has 136 valence electrons. The highest BCUT2D eigenvalue weighted by molar-refractivity contribution is 6.08. The van der Waals surface area contributed by atoms with Crippen LogP contribution < -0.4 is 5.32 Å². The van der Waals surface area contributed by atoms with E-state index in [2.05, 4.69) is 10.3 Å². The number of aromatic nitrogens is 1. The summed E-state index contributed by atoms with van der Waals surface area (Å²) in [6.45, 7) is 1.93. The van der Waals surface area contributed by atoms with E-state index in [1.807, 2.05) is 24.3 Å². The normalized spacial score (nSPS) is 26.5. The standard InChI is InChI=1S/C21H21F3N2/c22-21(23,24)13-9-15-14-5-1-2-6-18(14)26-19(15)16(10-13)17-11-20(17)7-3-4-8-25-12-20/h1-2,5-6,9-10,17,25-26H,3-4,7-8,11-12H2/t17?,20-/m0/s1. The van der Waals surface area contributed by atoms with Crippen LogP contribution in [0.15, 0.2) is 36.4 Å². The Bertz CT molecular complexity index is 978. The van der Waals surface area contributed by atoms with Gasteiger partial charge in [0.15, 0.2) is 0 Å². The van der Waals surface area contributed by atoms with Gasteiger partial charge in [-0.3, -0.25) is 0 Å². The van der Waals surface area contributed by atoms with Gasteiger partial charge in [-0.05, 0) is 60.9 Å². The van der Waals surface area contributed by atoms with Gasteiger partial charge in [0.25, 0.3) is 0 Å². The molecule has 1 aliphatic heterocycles. The highest BCUT2D eigenvalue weighted by Crippen LogP contribution is 2.63. The van der Waals surface area contributed by atoms with Crippen molar-refractivity contribution in [2.24, 2.45) is 5.41 Å². The first-order valence-electron chi connectivity index (χ1n) is 9.30. The van der Waals surface area contributed by atoms with Crippen LogP contribution in [0.2, 0.25) is 0 Å². The number of para-hydroxylation sites is 1. The molecule has 2 fully saturated rings. The van der Waals surface area contributed by atoms with E-state index in [1.165, 1.54) is 12.1 Å². The van der Waals surface area contributed by atoms with Gasteiger partial charge in [-0.25, -0.2) is 0 Å². The molecule has 3 aromatic rings. The molecular weight excluding hydrogens is 337 g/mol. The largest absolute Gasteiger partial charge is 0.416 e. The molecule has 5 rings (SSSR count). The molecule has 1 unspecified atom stereocenters. The third kappa shape index (κ3) is 2.44. The predicted octanol–water partition coefficient (Wildman–Crippen LogP) is 5.59. The van der Waals surface area contributed by atoms with E-state index in [9.17, 15) is 13.2 Å². The number of alkyl halides is 3. The summed E-state index contributed by atoms with van der Waals surface area (Å²) in [4.78, 5) is 3.40. The van der Waals surface area contributed by atoms with E-state index in [0.717, 1.165) is 60.8 Å². The van der Waals surface area contributed by atoms with Crippen LogP contribution in [0.1, 0.15) is 42.7 Å². The van der Waals surface area contributed by atoms with Gasteiger partial charge in [0, 0.05) is 22.8 Å². The second-order valence-corrected chi connectivity index (χ2v) is 7.91. The Hall–Kier alpha value is -2.01. The number of H-pyrrole nitrogens is 1. The number of aromatic amines is 1. The van der Waals surface area contributed by atoms with E-state index < -0.39 is 11.7 Å². The lowest BCUT2D eigenvalue weighted by molar-refractivity contribution is -0.137. The summed E-state index contributed by atoms with van der Waals surface area (Å²) in [6, 6.07) is 10.3. The second kappa shape index (κ2) is 5.49. The number of fused-ring (bicyclic) bond motifs is 3. The molecule has 0 bridgehead atoms. The van der Waals surface area contributed by atoms with E-state index in [-0.39, 0.29) is 11.3 Å². The summed E-state index contributed by atoms with van der Waals surface area (Å²) in [7, 11) is 0. The maximum atomic E-state index is 13.6. The van der Waals surface area contributed by atoms with Gasteiger partial charge < -0.3 is 10.3 Å². The first-order chi connectivity index (χ1) is 12.5. The van der Waals surface area contributed by atoms with E-state index in [1.54, 1.807) is 0 Å². The van der Waals surface area contributed by atoms with Gasteiger partial charge in [-0.15, -0.1) is 0 Å². The minimum atomic E-state index is -4.33. The van der Waals surface area contributed by atoms with Crippen molar-refractivity contribution in [3.05, 3.63) is 47.5 Å². The van der Waals surface area contributed by atoms with Gasteiger partial charge >= 0.3 is 6.18 Å². The lowest BCUT2D eigenvalue weighted by atomic mass is 9.92. The number of nitrogens with one attached hydrogen (secondary N) is 2. The molecule has 1 aliphatic carbocycles. The minimum Gasteiger partial charge on any atom is -0.354 e. The Morgan fingerprint density at radius 3 is 2.73 bits per heavy atom. The number of hydrogen-bond donors (Lipinski definition) is 2. The zero-order valence-electron chi connectivity index (χ0n) is 14.4. The zero-order chi connectivity index (χ0) is 17.9. The lowest BCUT2D eigenvalue weighted by Gasteiger charge is -2.16. The molecule has 1 spiro atoms. The van der Waals surface area contributed by atoms with Crippen LogP contribution in [0.4, 0.5) is 13.2 Å². The fourth-order valence-corrected chi connectivity index (χ4v) is 4.83. The Labute approximate surface area is 149 Å². The highest BCUT2D eigenvalue weighted by Gasteiger charge is 2.55. The second-order valence-electron chi connectivity index (χ2n) is 7.91. The monoisotopic (exact) mass is 358 g/mol. The number of hydrogen-bond acceptors (Lipinski definition) is 1. The van der Waals surface area contributed by atoms with Gasteiger partial charge in [0.2, 0.25) is 0 Å². The van der Waals surface area contributed by atoms with Crippen LogP contribution >= 0.6 is 0 Å². The quantitative estimate of drug-likeness (QED) is 0.583. The van der Waals surface area contributed by atoms with Crippen LogP contribution in [0, 0.1) is 5.41 Å². The minimum absolute atomic E-state index is 0.130. The molecule has 26 heavy (non-hydrogen) atoms. The van der Waals surface area contributed by atoms with Crippen LogP contribution in [0.25, 0.3) is 21.8 Å². The summed E-state index contributed by atoms with van der Waals surface area (Å²) in [5.74, 6) is 0.200. The Kier molecular flexibility index (Phi) is 3.42. The van der Waals surface area contributed by atoms with Gasteiger partial charge in [-0.2, -0.15) is 13.2 Å². The third-order valence-electron chi connectivity index (χ3n) is 6.29. The average molecular weight is 358 g/mol. The Balaban J connectivity index is 1.71. The van der Waals surface area contributed by atoms with Crippen molar-refractivity contribution < 1.29 is 13.2 Å². The molecule has 1 aromatic heterocycles. The summed E-state index contributed by atoms with van der Waals surface area (Å²) in [6.07, 6.45) is 0.0522. The number of rotatable bonds is 1. The molecule has 0 radical (unpaired) electrons. The van der Waals surface area contributed by atoms with Crippen LogP contribution in [0.5, 0.6) is 0 Å². The highest BCUT2D eigenvalue weighted by atomic mass is 19.4. The van der Waals surface area contributed by atoms with Crippen molar-refractivity contribution in [2.45, 2.75) is 37.8 Å². The van der Waals surface area contributed by atoms with Crippen molar-refractivity contribution in [1.29, 1.82) is 0 Å². The van der Waals surface area contributed by atoms with Crippen molar-refractivity contribution in [1.82, 2.24) is 10.3 Å². The molecule has 2 nitrogen and oxygen atoms in total. The molecule has 2 heterocycles. The molecule has 2 N–H and O–H groups in total. The smallest absolute Gasteiger partial charge is 0.354 e. The maximum Gasteiger partial charge on any atom is 0.416 e. The van der Waals surface area contributed by atoms with Crippen molar-refractivity contribution >= 4 is 21.8 Å². The molecule has 1 saturated heterocycles. The Morgan fingerprint density at radius 1 is 1.04 bits per heavy atom. The van der Waals surface area contributed by atoms with E-state index in [4.69, 9.17) is 0 Å². The fourth-order valence-electron chi connectivity index (χ4n) is 4.83. The summed E-state index contributed by atoms with van der Waals surface area (Å²) in [5, 5.41) is 5.04. The SMILES string of the molecule is FC(F)(F)c1cc(C2C[C@]23CCCCNC3)c2[nH]c3ccccc3c2c1. The predicted molar refractivity (Wildman–Crippen MR) is 97.3 cm³/mol. The topological polar surface area (TPSA) is 27.8 Å². The Morgan fingerprint density at radius 2 is 1.88 bits per heavy atom. The van der Waals surface area contributed by atoms with Crippen molar-refractivity contribution in [3.8, 4) is 0 Å². The molecule has 5 heteroatoms. The van der Waals surface area contributed by atoms with E-state index in [0.29, 0.717) is 5.39 Å². The first-order valence-corrected chi connectivity index (χ1v) is 9.30. The van der Waals surface area contributed by atoms with Crippen molar-refractivity contribution in [3.63, 3.8) is 0 Å². The van der Waals surface area contributed by atoms with Crippen LogP contribution in [-0.2, 0) is 6.18 Å². The summed E-state index contributed by atoms with van der Waals surface area (Å²) >= 11 is 0. The van der Waals surface area contributed by atoms with E-state index >= 15 is 0 Å². The van der Waals surface area contributed by atoms with Gasteiger partial charge in [-0.1, -0.05) is 24.6 Å². The van der Waals surface area contributed by atoms with Gasteiger partial charge in [0.05, 0.1) is 11.1 Å². The molecular formula is C21H21F3N2. The van der Waals surface area contributed by atoms with Crippen molar-refractivity contribution in [2.75, 3.05) is 13.1 Å². The molecule has 0 amide bonds. The first kappa shape index (κ1) is 16.2. The number of halogens is 3. The van der Waals surface area contributed by atoms with Gasteiger partial charge in [0.1, 0.15) is 0 Å². The summed E-state index contributed by atoms with van der Waals surface area (Å²) < 4.78 is 40.7. The maximum absolute atomic E-state index is 13.6. The fraction of sp³-hybridized carbons (Fsp3) is 0.429. The zero-order valence-corrected chi connectivity index (χ0v) is 14.4. The van der Waals surface area contributed by atoms with Crippen LogP contribution in [-0.4, -0.2) is 18.1 Å². The molecule has 1 saturated carbocycles. The average Bonchev–Trinajstić information content (AvgIpc) is 3.27. The lowest BCUT2D eigenvalue weighted by Crippen LogP contribution is -2.22. The number of benzene rings is 2.